The molecule has 0 N–H and O–H groups in total. The number of rotatable bonds is 7. The molecule has 182 valence electrons. The number of aromatic nitrogens is 1. The Bertz CT molecular complexity index is 1480. The van der Waals surface area contributed by atoms with Gasteiger partial charge in [-0.15, -0.1) is 0 Å². The van der Waals surface area contributed by atoms with Gasteiger partial charge in [-0.05, 0) is 55.8 Å². The first kappa shape index (κ1) is 24.3. The fourth-order valence-corrected chi connectivity index (χ4v) is 5.07. The second kappa shape index (κ2) is 10.2. The van der Waals surface area contributed by atoms with Crippen LogP contribution in [0.3, 0.4) is 0 Å². The molecule has 9 heteroatoms. The van der Waals surface area contributed by atoms with Gasteiger partial charge in [0.05, 0.1) is 43.7 Å². The van der Waals surface area contributed by atoms with E-state index < -0.39 is 12.0 Å². The average Bonchev–Trinajstić information content (AvgIpc) is 3.17. The Morgan fingerprint density at radius 3 is 2.51 bits per heavy atom. The monoisotopic (exact) mass is 494 g/mol. The number of carbonyl (C=O) groups excluding carboxylic acids is 1. The lowest BCUT2D eigenvalue weighted by molar-refractivity contribution is -0.139. The van der Waals surface area contributed by atoms with Crippen molar-refractivity contribution < 1.29 is 23.7 Å². The molecule has 4 rings (SSSR count). The molecule has 0 saturated heterocycles. The van der Waals surface area contributed by atoms with Gasteiger partial charge in [0.15, 0.2) is 4.80 Å². The van der Waals surface area contributed by atoms with Gasteiger partial charge >= 0.3 is 5.97 Å². The zero-order valence-electron chi connectivity index (χ0n) is 20.2. The number of thiazole rings is 1. The smallest absolute Gasteiger partial charge is 0.338 e. The molecular weight excluding hydrogens is 468 g/mol. The van der Waals surface area contributed by atoms with Crippen LogP contribution >= 0.6 is 11.3 Å². The highest BCUT2D eigenvalue weighted by Gasteiger charge is 2.35. The van der Waals surface area contributed by atoms with E-state index in [1.54, 1.807) is 59.5 Å². The number of esters is 1. The molecule has 8 nitrogen and oxygen atoms in total. The van der Waals surface area contributed by atoms with Crippen molar-refractivity contribution in [1.82, 2.24) is 4.57 Å². The Balaban J connectivity index is 2.00. The van der Waals surface area contributed by atoms with Crippen molar-refractivity contribution in [2.24, 2.45) is 4.99 Å². The minimum atomic E-state index is -0.803. The molecule has 0 aliphatic carbocycles. The Morgan fingerprint density at radius 1 is 1.09 bits per heavy atom. The summed E-state index contributed by atoms with van der Waals surface area (Å²) in [4.78, 5) is 31.9. The van der Waals surface area contributed by atoms with Gasteiger partial charge in [0, 0.05) is 5.56 Å². The van der Waals surface area contributed by atoms with Crippen molar-refractivity contribution in [2.75, 3.05) is 27.9 Å². The minimum absolute atomic E-state index is 0.192. The highest BCUT2D eigenvalue weighted by Crippen LogP contribution is 2.37. The normalized spacial score (nSPS) is 15.3. The molecule has 2 aromatic carbocycles. The van der Waals surface area contributed by atoms with Crippen molar-refractivity contribution in [2.45, 2.75) is 19.9 Å². The third-order valence-electron chi connectivity index (χ3n) is 5.64. The summed E-state index contributed by atoms with van der Waals surface area (Å²) in [6.45, 7) is 3.67. The van der Waals surface area contributed by atoms with Crippen molar-refractivity contribution in [3.63, 3.8) is 0 Å². The fraction of sp³-hybridized carbons (Fsp3) is 0.269. The Labute approximate surface area is 206 Å². The first-order valence-electron chi connectivity index (χ1n) is 11.0. The third kappa shape index (κ3) is 4.59. The average molecular weight is 495 g/mol. The second-order valence-electron chi connectivity index (χ2n) is 7.69. The van der Waals surface area contributed by atoms with E-state index in [0.29, 0.717) is 37.8 Å². The van der Waals surface area contributed by atoms with E-state index in [2.05, 4.69) is 4.99 Å². The number of carbonyl (C=O) groups is 1. The molecule has 0 spiro atoms. The first-order valence-corrected chi connectivity index (χ1v) is 11.8. The third-order valence-corrected chi connectivity index (χ3v) is 6.62. The predicted molar refractivity (Wildman–Crippen MR) is 133 cm³/mol. The molecule has 1 atom stereocenters. The van der Waals surface area contributed by atoms with E-state index in [4.69, 9.17) is 18.9 Å². The number of hydrogen-bond acceptors (Lipinski definition) is 8. The van der Waals surface area contributed by atoms with E-state index in [1.165, 1.54) is 15.9 Å². The van der Waals surface area contributed by atoms with Gasteiger partial charge in [0.1, 0.15) is 23.3 Å². The lowest BCUT2D eigenvalue weighted by atomic mass is 9.94. The van der Waals surface area contributed by atoms with Gasteiger partial charge in [0.2, 0.25) is 0 Å². The molecule has 0 amide bonds. The first-order chi connectivity index (χ1) is 16.9. The van der Waals surface area contributed by atoms with Crippen LogP contribution in [0, 0.1) is 0 Å². The van der Waals surface area contributed by atoms with Gasteiger partial charge in [-0.1, -0.05) is 23.5 Å². The number of allylic oxidation sites excluding steroid dienone is 1. The molecule has 0 saturated carbocycles. The molecule has 2 heterocycles. The van der Waals surface area contributed by atoms with Gasteiger partial charge in [0.25, 0.3) is 5.56 Å². The number of nitrogens with zero attached hydrogens (tertiary/aromatic N) is 2. The molecule has 1 aliphatic rings. The topological polar surface area (TPSA) is 88.4 Å². The summed E-state index contributed by atoms with van der Waals surface area (Å²) in [5.41, 5.74) is 1.89. The van der Waals surface area contributed by atoms with Crippen molar-refractivity contribution in [3.05, 3.63) is 84.5 Å². The summed E-state index contributed by atoms with van der Waals surface area (Å²) in [5, 5.41) is 0. The van der Waals surface area contributed by atoms with Crippen LogP contribution in [-0.4, -0.2) is 38.5 Å². The summed E-state index contributed by atoms with van der Waals surface area (Å²) >= 11 is 1.25. The van der Waals surface area contributed by atoms with Crippen LogP contribution in [0.25, 0.3) is 6.08 Å². The zero-order valence-corrected chi connectivity index (χ0v) is 21.0. The maximum Gasteiger partial charge on any atom is 0.338 e. The van der Waals surface area contributed by atoms with Crippen LogP contribution in [0.4, 0.5) is 0 Å². The van der Waals surface area contributed by atoms with Gasteiger partial charge in [-0.3, -0.25) is 9.36 Å². The van der Waals surface area contributed by atoms with Crippen molar-refractivity contribution >= 4 is 23.4 Å². The molecule has 0 fully saturated rings. The molecule has 0 radical (unpaired) electrons. The van der Waals surface area contributed by atoms with Crippen LogP contribution in [0.2, 0.25) is 0 Å². The molecular formula is C26H26N2O6S. The minimum Gasteiger partial charge on any atom is -0.497 e. The fourth-order valence-electron chi connectivity index (χ4n) is 4.02. The number of benzene rings is 2. The molecule has 35 heavy (non-hydrogen) atoms. The maximum atomic E-state index is 13.7. The lowest BCUT2D eigenvalue weighted by Gasteiger charge is -2.26. The maximum absolute atomic E-state index is 13.7. The largest absolute Gasteiger partial charge is 0.497 e. The summed E-state index contributed by atoms with van der Waals surface area (Å²) in [5.74, 6) is 1.23. The van der Waals surface area contributed by atoms with Crippen LogP contribution in [0.1, 0.15) is 31.0 Å². The standard InChI is InChI=1S/C26H26N2O6S/c1-6-34-25(30)22-15(2)27-26-28(23(22)19-14-18(32-4)10-11-20(19)33-5)24(29)21(35-26)13-16-8-7-9-17(12-16)31-3/h7-14,23H,6H2,1-5H3/b21-13+/t23-/m1/s1. The van der Waals surface area contributed by atoms with Crippen LogP contribution in [0.5, 0.6) is 17.2 Å². The Kier molecular flexibility index (Phi) is 7.07. The number of fused-ring (bicyclic) bond motifs is 1. The number of methoxy groups -OCH3 is 3. The molecule has 1 aromatic heterocycles. The van der Waals surface area contributed by atoms with Crippen LogP contribution < -0.4 is 29.1 Å². The molecule has 0 bridgehead atoms. The van der Waals surface area contributed by atoms with Crippen molar-refractivity contribution in [3.8, 4) is 17.2 Å². The van der Waals surface area contributed by atoms with E-state index in [1.807, 2.05) is 24.3 Å². The van der Waals surface area contributed by atoms with Gasteiger partial charge in [-0.25, -0.2) is 9.79 Å². The molecule has 1 aliphatic heterocycles. The Morgan fingerprint density at radius 2 is 1.83 bits per heavy atom. The van der Waals surface area contributed by atoms with Crippen LogP contribution in [0.15, 0.2) is 63.5 Å². The second-order valence-corrected chi connectivity index (χ2v) is 8.70. The number of hydrogen-bond donors (Lipinski definition) is 0. The van der Waals surface area contributed by atoms with Gasteiger partial charge < -0.3 is 18.9 Å². The van der Waals surface area contributed by atoms with Crippen molar-refractivity contribution in [1.29, 1.82) is 0 Å². The van der Waals surface area contributed by atoms with E-state index >= 15 is 0 Å². The predicted octanol–water partition coefficient (Wildman–Crippen LogP) is 2.82. The zero-order chi connectivity index (χ0) is 25.1. The summed E-state index contributed by atoms with van der Waals surface area (Å²) in [6.07, 6.45) is 1.79. The molecule has 3 aromatic rings. The van der Waals surface area contributed by atoms with Crippen LogP contribution in [-0.2, 0) is 9.53 Å². The SMILES string of the molecule is CCOC(=O)C1=C(C)N=c2s/c(=C/c3cccc(OC)c3)c(=O)n2[C@@H]1c1cc(OC)ccc1OC. The lowest BCUT2D eigenvalue weighted by Crippen LogP contribution is -2.40. The van der Waals surface area contributed by atoms with E-state index in [0.717, 1.165) is 5.56 Å². The quantitative estimate of drug-likeness (QED) is 0.470. The highest BCUT2D eigenvalue weighted by molar-refractivity contribution is 7.07. The number of ether oxygens (including phenoxy) is 4. The summed E-state index contributed by atoms with van der Waals surface area (Å²) in [7, 11) is 4.69. The van der Waals surface area contributed by atoms with E-state index in [-0.39, 0.29) is 17.7 Å². The summed E-state index contributed by atoms with van der Waals surface area (Å²) in [6, 6.07) is 11.9. The summed E-state index contributed by atoms with van der Waals surface area (Å²) < 4.78 is 23.7. The van der Waals surface area contributed by atoms with Gasteiger partial charge in [-0.2, -0.15) is 0 Å². The van der Waals surface area contributed by atoms with E-state index in [9.17, 15) is 9.59 Å². The molecule has 0 unspecified atom stereocenters. The highest BCUT2D eigenvalue weighted by atomic mass is 32.1. The Hall–Kier alpha value is -3.85.